The molecule has 1 atom stereocenters. The third-order valence-corrected chi connectivity index (χ3v) is 4.49. The van der Waals surface area contributed by atoms with Crippen LogP contribution >= 0.6 is 0 Å². The first-order valence-electron chi connectivity index (χ1n) is 8.74. The quantitative estimate of drug-likeness (QED) is 0.774. The molecule has 124 valence electrons. The maximum Gasteiger partial charge on any atom is 0.125 e. The van der Waals surface area contributed by atoms with Gasteiger partial charge in [0.15, 0.2) is 0 Å². The van der Waals surface area contributed by atoms with Crippen LogP contribution in [0.15, 0.2) is 18.2 Å². The number of rotatable bonds is 8. The summed E-state index contributed by atoms with van der Waals surface area (Å²) in [5.41, 5.74) is 2.44. The Bertz CT molecular complexity index is 480. The Morgan fingerprint density at radius 1 is 1.27 bits per heavy atom. The lowest BCUT2D eigenvalue weighted by atomic mass is 10.0. The maximum absolute atomic E-state index is 6.01. The summed E-state index contributed by atoms with van der Waals surface area (Å²) in [6, 6.07) is 7.04. The van der Waals surface area contributed by atoms with E-state index in [2.05, 4.69) is 63.0 Å². The summed E-state index contributed by atoms with van der Waals surface area (Å²) in [6.07, 6.45) is 3.44. The second-order valence-corrected chi connectivity index (χ2v) is 7.08. The molecule has 0 bridgehead atoms. The maximum atomic E-state index is 6.01. The molecule has 0 amide bonds. The third kappa shape index (κ3) is 4.64. The van der Waals surface area contributed by atoms with Gasteiger partial charge in [-0.2, -0.15) is 0 Å². The zero-order chi connectivity index (χ0) is 16.2. The van der Waals surface area contributed by atoms with E-state index in [1.807, 2.05) is 0 Å². The Morgan fingerprint density at radius 2 is 2.00 bits per heavy atom. The molecule has 2 rings (SSSR count). The number of hydrogen-bond acceptors (Lipinski definition) is 3. The van der Waals surface area contributed by atoms with E-state index < -0.39 is 0 Å². The molecule has 22 heavy (non-hydrogen) atoms. The number of anilines is 1. The van der Waals surface area contributed by atoms with E-state index >= 15 is 0 Å². The van der Waals surface area contributed by atoms with Gasteiger partial charge in [0.25, 0.3) is 0 Å². The first kappa shape index (κ1) is 17.1. The van der Waals surface area contributed by atoms with Gasteiger partial charge in [0.1, 0.15) is 11.4 Å². The van der Waals surface area contributed by atoms with E-state index in [-0.39, 0.29) is 5.60 Å². The highest BCUT2D eigenvalue weighted by Crippen LogP contribution is 2.36. The Hall–Kier alpha value is -1.22. The molecule has 0 saturated carbocycles. The summed E-state index contributed by atoms with van der Waals surface area (Å²) >= 11 is 0. The topological polar surface area (TPSA) is 24.5 Å². The third-order valence-electron chi connectivity index (χ3n) is 4.49. The summed E-state index contributed by atoms with van der Waals surface area (Å²) in [6.45, 7) is 14.5. The van der Waals surface area contributed by atoms with Crippen LogP contribution in [0.4, 0.5) is 5.69 Å². The predicted octanol–water partition coefficient (Wildman–Crippen LogP) is 4.32. The molecule has 0 aliphatic carbocycles. The zero-order valence-electron chi connectivity index (χ0n) is 14.9. The van der Waals surface area contributed by atoms with Gasteiger partial charge in [0, 0.05) is 24.2 Å². The first-order chi connectivity index (χ1) is 10.4. The van der Waals surface area contributed by atoms with Gasteiger partial charge in [-0.1, -0.05) is 19.9 Å². The lowest BCUT2D eigenvalue weighted by Gasteiger charge is -2.20. The fourth-order valence-corrected chi connectivity index (χ4v) is 3.20. The molecule has 0 saturated heterocycles. The Labute approximate surface area is 136 Å². The fraction of sp³-hybridized carbons (Fsp3) is 0.684. The fourth-order valence-electron chi connectivity index (χ4n) is 3.20. The molecule has 1 N–H and O–H groups in total. The van der Waals surface area contributed by atoms with Crippen molar-refractivity contribution in [3.8, 4) is 5.75 Å². The highest BCUT2D eigenvalue weighted by atomic mass is 16.5. The minimum Gasteiger partial charge on any atom is -0.487 e. The van der Waals surface area contributed by atoms with Crippen LogP contribution in [0.3, 0.4) is 0 Å². The lowest BCUT2D eigenvalue weighted by molar-refractivity contribution is 0.138. The molecule has 1 aliphatic heterocycles. The van der Waals surface area contributed by atoms with Gasteiger partial charge in [-0.15, -0.1) is 0 Å². The largest absolute Gasteiger partial charge is 0.487 e. The summed E-state index contributed by atoms with van der Waals surface area (Å²) < 4.78 is 6.01. The molecule has 0 spiro atoms. The second-order valence-electron chi connectivity index (χ2n) is 7.08. The van der Waals surface area contributed by atoms with Crippen molar-refractivity contribution in [3.63, 3.8) is 0 Å². The van der Waals surface area contributed by atoms with Crippen molar-refractivity contribution < 1.29 is 4.74 Å². The minimum absolute atomic E-state index is 0.0592. The number of ether oxygens (including phenoxy) is 1. The average molecular weight is 304 g/mol. The van der Waals surface area contributed by atoms with Gasteiger partial charge in [-0.3, -0.25) is 0 Å². The van der Waals surface area contributed by atoms with Crippen molar-refractivity contribution in [2.75, 3.05) is 25.0 Å². The summed E-state index contributed by atoms with van der Waals surface area (Å²) in [5, 5.41) is 3.61. The van der Waals surface area contributed by atoms with Gasteiger partial charge in [-0.05, 0) is 64.9 Å². The van der Waals surface area contributed by atoms with Gasteiger partial charge in [0.2, 0.25) is 0 Å². The van der Waals surface area contributed by atoms with E-state index in [4.69, 9.17) is 4.74 Å². The molecule has 0 aromatic heterocycles. The second kappa shape index (κ2) is 7.36. The van der Waals surface area contributed by atoms with Crippen molar-refractivity contribution in [2.45, 2.75) is 65.5 Å². The molecule has 0 radical (unpaired) electrons. The molecule has 1 heterocycles. The van der Waals surface area contributed by atoms with Crippen LogP contribution in [0.25, 0.3) is 0 Å². The van der Waals surface area contributed by atoms with Crippen LogP contribution in [0.2, 0.25) is 0 Å². The van der Waals surface area contributed by atoms with Crippen LogP contribution in [-0.2, 0) is 6.42 Å². The molecule has 3 nitrogen and oxygen atoms in total. The van der Waals surface area contributed by atoms with E-state index in [0.29, 0.717) is 6.04 Å². The average Bonchev–Trinajstić information content (AvgIpc) is 2.76. The number of nitrogens with zero attached hydrogens (tertiary/aromatic N) is 1. The highest BCUT2D eigenvalue weighted by molar-refractivity contribution is 5.54. The number of nitrogens with one attached hydrogen (secondary N) is 1. The summed E-state index contributed by atoms with van der Waals surface area (Å²) in [5.74, 6) is 1.05. The monoisotopic (exact) mass is 304 g/mol. The van der Waals surface area contributed by atoms with Crippen molar-refractivity contribution in [1.82, 2.24) is 4.90 Å². The molecule has 1 aromatic carbocycles. The molecule has 1 aromatic rings. The zero-order valence-corrected chi connectivity index (χ0v) is 14.9. The van der Waals surface area contributed by atoms with E-state index in [1.165, 1.54) is 30.6 Å². The van der Waals surface area contributed by atoms with Crippen molar-refractivity contribution in [1.29, 1.82) is 0 Å². The van der Waals surface area contributed by atoms with E-state index in [1.54, 1.807) is 0 Å². The minimum atomic E-state index is -0.0592. The van der Waals surface area contributed by atoms with Crippen LogP contribution in [0.1, 0.15) is 53.0 Å². The molecule has 1 aliphatic rings. The highest BCUT2D eigenvalue weighted by Gasteiger charge is 2.29. The Morgan fingerprint density at radius 3 is 2.68 bits per heavy atom. The predicted molar refractivity (Wildman–Crippen MR) is 95.0 cm³/mol. The van der Waals surface area contributed by atoms with Gasteiger partial charge in [-0.25, -0.2) is 0 Å². The van der Waals surface area contributed by atoms with Crippen molar-refractivity contribution in [2.24, 2.45) is 0 Å². The number of benzene rings is 1. The Kier molecular flexibility index (Phi) is 5.74. The lowest BCUT2D eigenvalue weighted by Crippen LogP contribution is -2.25. The molecule has 3 heteroatoms. The summed E-state index contributed by atoms with van der Waals surface area (Å²) in [4.78, 5) is 2.48. The summed E-state index contributed by atoms with van der Waals surface area (Å²) in [7, 11) is 0. The van der Waals surface area contributed by atoms with Crippen LogP contribution in [0, 0.1) is 0 Å². The molecular weight excluding hydrogens is 272 g/mol. The SMILES string of the molecule is CCN(CC)CCC[C@@H](C)Nc1ccc2c(c1)OC(C)(C)C2. The van der Waals surface area contributed by atoms with Crippen molar-refractivity contribution >= 4 is 5.69 Å². The Balaban J connectivity index is 1.82. The van der Waals surface area contributed by atoms with E-state index in [0.717, 1.165) is 25.3 Å². The van der Waals surface area contributed by atoms with Crippen LogP contribution in [-0.4, -0.2) is 36.2 Å². The smallest absolute Gasteiger partial charge is 0.125 e. The molecule has 0 fully saturated rings. The number of hydrogen-bond donors (Lipinski definition) is 1. The normalized spacial score (nSPS) is 17.2. The molecular formula is C19H32N2O. The van der Waals surface area contributed by atoms with Gasteiger partial charge in [0.05, 0.1) is 0 Å². The number of fused-ring (bicyclic) bond motifs is 1. The van der Waals surface area contributed by atoms with E-state index in [9.17, 15) is 0 Å². The van der Waals surface area contributed by atoms with Gasteiger partial charge >= 0.3 is 0 Å². The van der Waals surface area contributed by atoms with Crippen LogP contribution in [0.5, 0.6) is 5.75 Å². The van der Waals surface area contributed by atoms with Crippen molar-refractivity contribution in [3.05, 3.63) is 23.8 Å². The molecule has 0 unspecified atom stereocenters. The van der Waals surface area contributed by atoms with Gasteiger partial charge < -0.3 is 15.0 Å². The standard InChI is InChI=1S/C19H32N2O/c1-6-21(7-2)12-8-9-15(3)20-17-11-10-16-14-19(4,5)22-18(16)13-17/h10-11,13,15,20H,6-9,12,14H2,1-5H3/t15-/m1/s1. The van der Waals surface area contributed by atoms with Crippen LogP contribution < -0.4 is 10.1 Å². The first-order valence-corrected chi connectivity index (χ1v) is 8.74.